The summed E-state index contributed by atoms with van der Waals surface area (Å²) in [4.78, 5) is 11.9. The van der Waals surface area contributed by atoms with E-state index in [0.29, 0.717) is 6.54 Å². The summed E-state index contributed by atoms with van der Waals surface area (Å²) in [7, 11) is 0. The summed E-state index contributed by atoms with van der Waals surface area (Å²) in [6.07, 6.45) is 1.63. The quantitative estimate of drug-likeness (QED) is 0.781. The summed E-state index contributed by atoms with van der Waals surface area (Å²) in [5, 5.41) is 3.08. The van der Waals surface area contributed by atoms with Crippen LogP contribution in [-0.4, -0.2) is 18.9 Å². The van der Waals surface area contributed by atoms with Gasteiger partial charge in [0.2, 0.25) is 0 Å². The first-order valence-corrected chi connectivity index (χ1v) is 5.38. The van der Waals surface area contributed by atoms with Crippen LogP contribution in [-0.2, 0) is 0 Å². The number of hydrogen-bond acceptors (Lipinski definition) is 2. The predicted octanol–water partition coefficient (Wildman–Crippen LogP) is 2.15. The molecule has 1 aromatic rings. The van der Waals surface area contributed by atoms with Gasteiger partial charge in [-0.15, -0.1) is 0 Å². The van der Waals surface area contributed by atoms with Crippen LogP contribution >= 0.6 is 0 Å². The van der Waals surface area contributed by atoms with Crippen molar-refractivity contribution in [3.63, 3.8) is 0 Å². The number of halogens is 2. The molecule has 16 heavy (non-hydrogen) atoms. The van der Waals surface area contributed by atoms with E-state index in [1.54, 1.807) is 0 Å². The molecule has 2 nitrogen and oxygen atoms in total. The van der Waals surface area contributed by atoms with E-state index in [0.717, 1.165) is 37.6 Å². The van der Waals surface area contributed by atoms with Gasteiger partial charge in [-0.05, 0) is 37.6 Å². The van der Waals surface area contributed by atoms with Crippen molar-refractivity contribution in [2.24, 2.45) is 5.92 Å². The highest BCUT2D eigenvalue weighted by Gasteiger charge is 2.24. The van der Waals surface area contributed by atoms with Gasteiger partial charge >= 0.3 is 0 Å². The molecule has 4 heteroatoms. The molecule has 1 heterocycles. The van der Waals surface area contributed by atoms with E-state index >= 15 is 0 Å². The van der Waals surface area contributed by atoms with Crippen molar-refractivity contribution in [1.82, 2.24) is 5.32 Å². The minimum absolute atomic E-state index is 0.131. The summed E-state index contributed by atoms with van der Waals surface area (Å²) in [5.74, 6) is -1.75. The molecule has 1 aliphatic heterocycles. The third-order valence-corrected chi connectivity index (χ3v) is 2.86. The number of benzene rings is 1. The van der Waals surface area contributed by atoms with E-state index in [1.807, 2.05) is 0 Å². The molecule has 0 saturated carbocycles. The minimum atomic E-state index is -0.642. The van der Waals surface area contributed by atoms with Crippen LogP contribution in [0.4, 0.5) is 8.78 Å². The maximum atomic E-state index is 13.4. The number of Topliss-reactive ketones (excluding diaryl/α,β-unsaturated/α-hetero) is 1. The highest BCUT2D eigenvalue weighted by Crippen LogP contribution is 2.19. The zero-order valence-electron chi connectivity index (χ0n) is 8.80. The van der Waals surface area contributed by atoms with Crippen LogP contribution in [0.3, 0.4) is 0 Å². The van der Waals surface area contributed by atoms with Gasteiger partial charge in [-0.3, -0.25) is 4.79 Å². The predicted molar refractivity (Wildman–Crippen MR) is 56.3 cm³/mol. The largest absolute Gasteiger partial charge is 0.316 e. The van der Waals surface area contributed by atoms with Gasteiger partial charge in [0.05, 0.1) is 5.56 Å². The fourth-order valence-electron chi connectivity index (χ4n) is 1.98. The monoisotopic (exact) mass is 225 g/mol. The second-order valence-electron chi connectivity index (χ2n) is 4.03. The fourth-order valence-corrected chi connectivity index (χ4v) is 1.98. The molecule has 0 radical (unpaired) electrons. The summed E-state index contributed by atoms with van der Waals surface area (Å²) in [6, 6.07) is 3.00. The van der Waals surface area contributed by atoms with Gasteiger partial charge in [-0.25, -0.2) is 8.78 Å². The summed E-state index contributed by atoms with van der Waals surface area (Å²) < 4.78 is 26.3. The molecule has 0 aliphatic carbocycles. The third kappa shape index (κ3) is 2.27. The molecule has 0 bridgehead atoms. The molecule has 1 fully saturated rings. The first-order chi connectivity index (χ1) is 7.68. The SMILES string of the molecule is O=C(c1cc(F)ccc1F)[C@H]1CCCNC1. The number of piperidine rings is 1. The van der Waals surface area contributed by atoms with Gasteiger partial charge in [0.15, 0.2) is 5.78 Å². The molecule has 0 spiro atoms. The van der Waals surface area contributed by atoms with Gasteiger partial charge in [0, 0.05) is 12.5 Å². The Bertz CT molecular complexity index is 400. The molecule has 1 saturated heterocycles. The Balaban J connectivity index is 2.22. The molecule has 1 N–H and O–H groups in total. The van der Waals surface area contributed by atoms with Crippen molar-refractivity contribution in [2.45, 2.75) is 12.8 Å². The van der Waals surface area contributed by atoms with Crippen LogP contribution in [0, 0.1) is 17.6 Å². The first kappa shape index (κ1) is 11.2. The Kier molecular flexibility index (Phi) is 3.29. The number of nitrogens with one attached hydrogen (secondary N) is 1. The minimum Gasteiger partial charge on any atom is -0.316 e. The number of carbonyl (C=O) groups is 1. The summed E-state index contributed by atoms with van der Waals surface area (Å²) in [5.41, 5.74) is -0.131. The summed E-state index contributed by atoms with van der Waals surface area (Å²) >= 11 is 0. The lowest BCUT2D eigenvalue weighted by Crippen LogP contribution is -2.34. The number of carbonyl (C=O) groups excluding carboxylic acids is 1. The van der Waals surface area contributed by atoms with Crippen molar-refractivity contribution in [3.05, 3.63) is 35.4 Å². The molecule has 1 aliphatic rings. The first-order valence-electron chi connectivity index (χ1n) is 5.38. The third-order valence-electron chi connectivity index (χ3n) is 2.86. The van der Waals surface area contributed by atoms with Crippen LogP contribution in [0.15, 0.2) is 18.2 Å². The van der Waals surface area contributed by atoms with Gasteiger partial charge in [-0.2, -0.15) is 0 Å². The molecule has 0 amide bonds. The van der Waals surface area contributed by atoms with Crippen LogP contribution in [0.1, 0.15) is 23.2 Å². The maximum absolute atomic E-state index is 13.4. The summed E-state index contributed by atoms with van der Waals surface area (Å²) in [6.45, 7) is 1.43. The number of rotatable bonds is 2. The zero-order chi connectivity index (χ0) is 11.5. The van der Waals surface area contributed by atoms with Crippen LogP contribution < -0.4 is 5.32 Å². The lowest BCUT2D eigenvalue weighted by molar-refractivity contribution is 0.0895. The number of hydrogen-bond donors (Lipinski definition) is 1. The average molecular weight is 225 g/mol. The van der Waals surface area contributed by atoms with E-state index < -0.39 is 11.6 Å². The van der Waals surface area contributed by atoms with E-state index in [9.17, 15) is 13.6 Å². The molecule has 0 unspecified atom stereocenters. The molecule has 1 atom stereocenters. The van der Waals surface area contributed by atoms with Gasteiger partial charge in [0.1, 0.15) is 11.6 Å². The highest BCUT2D eigenvalue weighted by atomic mass is 19.1. The van der Waals surface area contributed by atoms with Gasteiger partial charge in [0.25, 0.3) is 0 Å². The molecular weight excluding hydrogens is 212 g/mol. The smallest absolute Gasteiger partial charge is 0.170 e. The average Bonchev–Trinajstić information content (AvgIpc) is 2.32. The Morgan fingerprint density at radius 1 is 1.38 bits per heavy atom. The molecule has 0 aromatic heterocycles. The second-order valence-corrected chi connectivity index (χ2v) is 4.03. The molecule has 1 aromatic carbocycles. The maximum Gasteiger partial charge on any atom is 0.170 e. The standard InChI is InChI=1S/C12H13F2NO/c13-9-3-4-11(14)10(6-9)12(16)8-2-1-5-15-7-8/h3-4,6,8,15H,1-2,5,7H2/t8-/m0/s1. The lowest BCUT2D eigenvalue weighted by atomic mass is 9.91. The van der Waals surface area contributed by atoms with Crippen molar-refractivity contribution in [3.8, 4) is 0 Å². The van der Waals surface area contributed by atoms with Crippen molar-refractivity contribution in [1.29, 1.82) is 0 Å². The van der Waals surface area contributed by atoms with Crippen molar-refractivity contribution in [2.75, 3.05) is 13.1 Å². The van der Waals surface area contributed by atoms with Crippen LogP contribution in [0.2, 0.25) is 0 Å². The van der Waals surface area contributed by atoms with Crippen molar-refractivity contribution >= 4 is 5.78 Å². The second kappa shape index (κ2) is 4.70. The highest BCUT2D eigenvalue weighted by molar-refractivity contribution is 5.98. The Labute approximate surface area is 92.7 Å². The molecule has 86 valence electrons. The topological polar surface area (TPSA) is 29.1 Å². The van der Waals surface area contributed by atoms with E-state index in [2.05, 4.69) is 5.32 Å². The Hall–Kier alpha value is -1.29. The zero-order valence-corrected chi connectivity index (χ0v) is 8.80. The lowest BCUT2D eigenvalue weighted by Gasteiger charge is -2.21. The Morgan fingerprint density at radius 2 is 2.19 bits per heavy atom. The van der Waals surface area contributed by atoms with Crippen LogP contribution in [0.25, 0.3) is 0 Å². The van der Waals surface area contributed by atoms with E-state index in [1.165, 1.54) is 0 Å². The number of ketones is 1. The van der Waals surface area contributed by atoms with Gasteiger partial charge < -0.3 is 5.32 Å². The normalized spacial score (nSPS) is 20.8. The van der Waals surface area contributed by atoms with Gasteiger partial charge in [-0.1, -0.05) is 0 Å². The fraction of sp³-hybridized carbons (Fsp3) is 0.417. The van der Waals surface area contributed by atoms with Crippen molar-refractivity contribution < 1.29 is 13.6 Å². The Morgan fingerprint density at radius 3 is 2.88 bits per heavy atom. The van der Waals surface area contributed by atoms with E-state index in [4.69, 9.17) is 0 Å². The molecular formula is C12H13F2NO. The van der Waals surface area contributed by atoms with E-state index in [-0.39, 0.29) is 17.3 Å². The molecule has 2 rings (SSSR count). The van der Waals surface area contributed by atoms with Crippen LogP contribution in [0.5, 0.6) is 0 Å².